The minimum Gasteiger partial charge on any atom is -0.494 e. The quantitative estimate of drug-likeness (QED) is 0.427. The zero-order chi connectivity index (χ0) is 17.9. The maximum absolute atomic E-state index is 5.72. The molecule has 3 rings (SSSR count). The zero-order valence-corrected chi connectivity index (χ0v) is 15.4. The highest BCUT2D eigenvalue weighted by molar-refractivity contribution is 5.90. The summed E-state index contributed by atoms with van der Waals surface area (Å²) in [6.45, 7) is 1.84. The summed E-state index contributed by atoms with van der Waals surface area (Å²) >= 11 is 0. The van der Waals surface area contributed by atoms with Crippen molar-refractivity contribution in [2.75, 3.05) is 18.5 Å². The number of para-hydroxylation sites is 2. The Bertz CT molecular complexity index is 768. The van der Waals surface area contributed by atoms with Crippen molar-refractivity contribution >= 4 is 16.6 Å². The summed E-state index contributed by atoms with van der Waals surface area (Å²) in [5, 5.41) is 4.76. The third-order valence-electron chi connectivity index (χ3n) is 4.55. The van der Waals surface area contributed by atoms with Crippen LogP contribution in [-0.4, -0.2) is 18.1 Å². The molecule has 0 saturated carbocycles. The Morgan fingerprint density at radius 3 is 2.35 bits per heavy atom. The van der Waals surface area contributed by atoms with Crippen LogP contribution in [0, 0.1) is 0 Å². The molecule has 3 aromatic rings. The van der Waals surface area contributed by atoms with Crippen LogP contribution in [-0.2, 0) is 0 Å². The molecule has 0 unspecified atom stereocenters. The number of aromatic nitrogens is 1. The summed E-state index contributed by atoms with van der Waals surface area (Å²) in [6.07, 6.45) is 9.32. The van der Waals surface area contributed by atoms with Crippen LogP contribution >= 0.6 is 0 Å². The number of ether oxygens (including phenoxy) is 1. The van der Waals surface area contributed by atoms with Gasteiger partial charge < -0.3 is 10.1 Å². The van der Waals surface area contributed by atoms with E-state index in [0.29, 0.717) is 0 Å². The second kappa shape index (κ2) is 10.4. The van der Waals surface area contributed by atoms with Gasteiger partial charge in [-0.05, 0) is 37.1 Å². The molecule has 0 fully saturated rings. The number of hydrogen-bond donors (Lipinski definition) is 1. The van der Waals surface area contributed by atoms with Crippen molar-refractivity contribution in [3.8, 4) is 5.75 Å². The highest BCUT2D eigenvalue weighted by Crippen LogP contribution is 2.21. The first kappa shape index (κ1) is 18.2. The normalized spacial score (nSPS) is 10.8. The van der Waals surface area contributed by atoms with Gasteiger partial charge in [-0.1, -0.05) is 62.1 Å². The lowest BCUT2D eigenvalue weighted by Crippen LogP contribution is -2.02. The molecule has 0 saturated heterocycles. The minimum absolute atomic E-state index is 0.820. The highest BCUT2D eigenvalue weighted by atomic mass is 16.5. The van der Waals surface area contributed by atoms with Crippen molar-refractivity contribution in [2.45, 2.75) is 38.5 Å². The maximum Gasteiger partial charge on any atom is 0.119 e. The van der Waals surface area contributed by atoms with Gasteiger partial charge in [0.2, 0.25) is 0 Å². The molecule has 0 atom stereocenters. The van der Waals surface area contributed by atoms with Crippen LogP contribution in [0.15, 0.2) is 66.9 Å². The van der Waals surface area contributed by atoms with Gasteiger partial charge in [0.05, 0.1) is 12.1 Å². The van der Waals surface area contributed by atoms with E-state index in [1.165, 1.54) is 43.2 Å². The zero-order valence-electron chi connectivity index (χ0n) is 15.4. The maximum atomic E-state index is 5.72. The molecule has 1 heterocycles. The van der Waals surface area contributed by atoms with E-state index in [-0.39, 0.29) is 0 Å². The van der Waals surface area contributed by atoms with Crippen LogP contribution in [0.5, 0.6) is 5.75 Å². The van der Waals surface area contributed by atoms with E-state index in [1.807, 2.05) is 42.6 Å². The van der Waals surface area contributed by atoms with Gasteiger partial charge in [0.1, 0.15) is 5.75 Å². The van der Waals surface area contributed by atoms with Crippen LogP contribution in [0.1, 0.15) is 38.5 Å². The molecule has 0 bridgehead atoms. The molecule has 0 amide bonds. The fourth-order valence-corrected chi connectivity index (χ4v) is 3.11. The molecule has 3 nitrogen and oxygen atoms in total. The SMILES string of the molecule is c1ccc(OCCCCCCCCNc2ccnc3ccccc23)cc1. The summed E-state index contributed by atoms with van der Waals surface area (Å²) in [7, 11) is 0. The number of anilines is 1. The third-order valence-corrected chi connectivity index (χ3v) is 4.55. The van der Waals surface area contributed by atoms with Crippen molar-refractivity contribution in [3.63, 3.8) is 0 Å². The van der Waals surface area contributed by atoms with Gasteiger partial charge in [0, 0.05) is 23.8 Å². The number of pyridine rings is 1. The standard InChI is InChI=1S/C23H28N2O/c1(2-4-11-19-26-20-12-6-5-7-13-20)3-10-17-24-23-16-18-25-22-15-9-8-14-21(22)23/h5-9,12-16,18H,1-4,10-11,17,19H2,(H,24,25). The molecule has 1 N–H and O–H groups in total. The third kappa shape index (κ3) is 5.76. The monoisotopic (exact) mass is 348 g/mol. The average molecular weight is 348 g/mol. The molecule has 0 aliphatic carbocycles. The van der Waals surface area contributed by atoms with Crippen LogP contribution in [0.25, 0.3) is 10.9 Å². The first-order valence-corrected chi connectivity index (χ1v) is 9.69. The number of benzene rings is 2. The molecule has 136 valence electrons. The molecule has 1 aromatic heterocycles. The lowest BCUT2D eigenvalue weighted by molar-refractivity contribution is 0.304. The number of rotatable bonds is 11. The molecule has 0 spiro atoms. The van der Waals surface area contributed by atoms with Gasteiger partial charge in [0.15, 0.2) is 0 Å². The predicted octanol–water partition coefficient (Wildman–Crippen LogP) is 6.07. The minimum atomic E-state index is 0.820. The van der Waals surface area contributed by atoms with Crippen LogP contribution in [0.4, 0.5) is 5.69 Å². The summed E-state index contributed by atoms with van der Waals surface area (Å²) in [5.74, 6) is 0.974. The molecule has 2 aromatic carbocycles. The second-order valence-electron chi connectivity index (χ2n) is 6.59. The van der Waals surface area contributed by atoms with E-state index in [4.69, 9.17) is 4.74 Å². The average Bonchev–Trinajstić information content (AvgIpc) is 2.70. The Kier molecular flexibility index (Phi) is 7.33. The van der Waals surface area contributed by atoms with E-state index in [1.54, 1.807) is 0 Å². The van der Waals surface area contributed by atoms with Crippen molar-refractivity contribution in [1.29, 1.82) is 0 Å². The van der Waals surface area contributed by atoms with Gasteiger partial charge in [0.25, 0.3) is 0 Å². The van der Waals surface area contributed by atoms with Crippen LogP contribution < -0.4 is 10.1 Å². The molecule has 0 radical (unpaired) electrons. The lowest BCUT2D eigenvalue weighted by atomic mass is 10.1. The molecule has 0 aliphatic heterocycles. The number of nitrogens with one attached hydrogen (secondary N) is 1. The molecular weight excluding hydrogens is 320 g/mol. The Morgan fingerprint density at radius 1 is 0.731 bits per heavy atom. The Morgan fingerprint density at radius 2 is 1.46 bits per heavy atom. The van der Waals surface area contributed by atoms with Gasteiger partial charge in [-0.2, -0.15) is 0 Å². The fourth-order valence-electron chi connectivity index (χ4n) is 3.11. The predicted molar refractivity (Wildman–Crippen MR) is 110 cm³/mol. The summed E-state index contributed by atoms with van der Waals surface area (Å²) in [5.41, 5.74) is 2.24. The molecular formula is C23H28N2O. The first-order chi connectivity index (χ1) is 12.9. The topological polar surface area (TPSA) is 34.1 Å². The fraction of sp³-hybridized carbons (Fsp3) is 0.348. The molecule has 26 heavy (non-hydrogen) atoms. The second-order valence-corrected chi connectivity index (χ2v) is 6.59. The Hall–Kier alpha value is -2.55. The molecule has 0 aliphatic rings. The van der Waals surface area contributed by atoms with E-state index >= 15 is 0 Å². The number of fused-ring (bicyclic) bond motifs is 1. The van der Waals surface area contributed by atoms with Crippen molar-refractivity contribution < 1.29 is 4.74 Å². The summed E-state index contributed by atoms with van der Waals surface area (Å²) in [6, 6.07) is 20.4. The highest BCUT2D eigenvalue weighted by Gasteiger charge is 2.00. The largest absolute Gasteiger partial charge is 0.494 e. The van der Waals surface area contributed by atoms with Gasteiger partial charge in [-0.15, -0.1) is 0 Å². The van der Waals surface area contributed by atoms with Gasteiger partial charge in [-0.25, -0.2) is 0 Å². The summed E-state index contributed by atoms with van der Waals surface area (Å²) < 4.78 is 5.72. The van der Waals surface area contributed by atoms with Crippen LogP contribution in [0.2, 0.25) is 0 Å². The smallest absolute Gasteiger partial charge is 0.119 e. The number of hydrogen-bond acceptors (Lipinski definition) is 3. The van der Waals surface area contributed by atoms with Crippen molar-refractivity contribution in [2.24, 2.45) is 0 Å². The van der Waals surface area contributed by atoms with E-state index < -0.39 is 0 Å². The van der Waals surface area contributed by atoms with E-state index in [2.05, 4.69) is 34.6 Å². The first-order valence-electron chi connectivity index (χ1n) is 9.69. The molecule has 3 heteroatoms. The van der Waals surface area contributed by atoms with E-state index in [9.17, 15) is 0 Å². The number of nitrogens with zero attached hydrogens (tertiary/aromatic N) is 1. The van der Waals surface area contributed by atoms with Crippen LogP contribution in [0.3, 0.4) is 0 Å². The van der Waals surface area contributed by atoms with Crippen molar-refractivity contribution in [1.82, 2.24) is 4.98 Å². The van der Waals surface area contributed by atoms with E-state index in [0.717, 1.165) is 30.8 Å². The lowest BCUT2D eigenvalue weighted by Gasteiger charge is -2.09. The Balaban J connectivity index is 1.22. The Labute approximate surface area is 156 Å². The summed E-state index contributed by atoms with van der Waals surface area (Å²) in [4.78, 5) is 4.40. The van der Waals surface area contributed by atoms with Gasteiger partial charge >= 0.3 is 0 Å². The van der Waals surface area contributed by atoms with Crippen molar-refractivity contribution in [3.05, 3.63) is 66.9 Å². The number of unbranched alkanes of at least 4 members (excludes halogenated alkanes) is 5. The van der Waals surface area contributed by atoms with Gasteiger partial charge in [-0.3, -0.25) is 4.98 Å².